The summed E-state index contributed by atoms with van der Waals surface area (Å²) in [6.07, 6.45) is 1.02. The largest absolute Gasteiger partial charge is 0.489 e. The van der Waals surface area contributed by atoms with E-state index in [1.807, 2.05) is 31.2 Å². The fourth-order valence-corrected chi connectivity index (χ4v) is 1.51. The summed E-state index contributed by atoms with van der Waals surface area (Å²) in [5, 5.41) is 3.13. The number of halogens is 1. The van der Waals surface area contributed by atoms with Crippen LogP contribution in [0, 0.1) is 6.92 Å². The second kappa shape index (κ2) is 9.85. The topological polar surface area (TPSA) is 59.6 Å². The van der Waals surface area contributed by atoms with Crippen LogP contribution in [-0.2, 0) is 0 Å². The van der Waals surface area contributed by atoms with Gasteiger partial charge < -0.3 is 15.8 Å². The number of aliphatic imine (C=N–C) groups is 1. The number of aryl methyl sites for hydroxylation is 1. The highest BCUT2D eigenvalue weighted by Gasteiger charge is 2.04. The van der Waals surface area contributed by atoms with E-state index in [1.54, 1.807) is 0 Å². The van der Waals surface area contributed by atoms with Gasteiger partial charge in [0.05, 0.1) is 6.54 Å². The van der Waals surface area contributed by atoms with Gasteiger partial charge in [-0.25, -0.2) is 4.99 Å². The average Bonchev–Trinajstić information content (AvgIpc) is 2.39. The lowest BCUT2D eigenvalue weighted by molar-refractivity contribution is 0.230. The highest BCUT2D eigenvalue weighted by molar-refractivity contribution is 14.0. The third-order valence-electron chi connectivity index (χ3n) is 2.88. The Morgan fingerprint density at radius 2 is 1.90 bits per heavy atom. The SMILES string of the molecule is CCC(C)NC(N)=NCC(C)Oc1ccc(C)cc1.I. The zero-order chi connectivity index (χ0) is 14.3. The monoisotopic (exact) mass is 391 g/mol. The first-order valence-corrected chi connectivity index (χ1v) is 6.81. The smallest absolute Gasteiger partial charge is 0.188 e. The van der Waals surface area contributed by atoms with E-state index in [9.17, 15) is 0 Å². The summed E-state index contributed by atoms with van der Waals surface area (Å²) < 4.78 is 5.76. The number of hydrogen-bond donors (Lipinski definition) is 2. The number of guanidine groups is 1. The first-order valence-electron chi connectivity index (χ1n) is 6.81. The lowest BCUT2D eigenvalue weighted by Crippen LogP contribution is -2.38. The Labute approximate surface area is 139 Å². The molecular formula is C15H26IN3O. The van der Waals surface area contributed by atoms with Crippen molar-refractivity contribution in [3.05, 3.63) is 29.8 Å². The van der Waals surface area contributed by atoms with Crippen molar-refractivity contribution in [3.8, 4) is 5.75 Å². The van der Waals surface area contributed by atoms with E-state index in [0.717, 1.165) is 12.2 Å². The number of rotatable bonds is 6. The van der Waals surface area contributed by atoms with Gasteiger partial charge in [-0.3, -0.25) is 0 Å². The van der Waals surface area contributed by atoms with E-state index >= 15 is 0 Å². The van der Waals surface area contributed by atoms with Crippen molar-refractivity contribution in [3.63, 3.8) is 0 Å². The van der Waals surface area contributed by atoms with Crippen LogP contribution in [0.4, 0.5) is 0 Å². The second-order valence-corrected chi connectivity index (χ2v) is 4.92. The van der Waals surface area contributed by atoms with Gasteiger partial charge in [-0.2, -0.15) is 0 Å². The van der Waals surface area contributed by atoms with Crippen molar-refractivity contribution in [1.82, 2.24) is 5.32 Å². The molecule has 114 valence electrons. The molecule has 5 heteroatoms. The van der Waals surface area contributed by atoms with E-state index in [2.05, 4.69) is 31.1 Å². The van der Waals surface area contributed by atoms with Crippen molar-refractivity contribution in [2.75, 3.05) is 6.54 Å². The predicted octanol–water partition coefficient (Wildman–Crippen LogP) is 3.08. The summed E-state index contributed by atoms with van der Waals surface area (Å²) in [7, 11) is 0. The van der Waals surface area contributed by atoms with Crippen LogP contribution in [0.3, 0.4) is 0 Å². The number of nitrogens with zero attached hydrogens (tertiary/aromatic N) is 1. The quantitative estimate of drug-likeness (QED) is 0.445. The lowest BCUT2D eigenvalue weighted by Gasteiger charge is -2.15. The van der Waals surface area contributed by atoms with Crippen LogP contribution >= 0.6 is 24.0 Å². The summed E-state index contributed by atoms with van der Waals surface area (Å²) >= 11 is 0. The van der Waals surface area contributed by atoms with Gasteiger partial charge in [-0.15, -0.1) is 24.0 Å². The molecular weight excluding hydrogens is 365 g/mol. The molecule has 0 fully saturated rings. The van der Waals surface area contributed by atoms with Crippen LogP contribution < -0.4 is 15.8 Å². The minimum absolute atomic E-state index is 0. The van der Waals surface area contributed by atoms with Gasteiger partial charge in [0, 0.05) is 6.04 Å². The summed E-state index contributed by atoms with van der Waals surface area (Å²) in [5.41, 5.74) is 7.02. The molecule has 0 bridgehead atoms. The van der Waals surface area contributed by atoms with Gasteiger partial charge in [-0.1, -0.05) is 24.6 Å². The van der Waals surface area contributed by atoms with Gasteiger partial charge in [0.15, 0.2) is 5.96 Å². The minimum atomic E-state index is -0.0000104. The van der Waals surface area contributed by atoms with E-state index in [-0.39, 0.29) is 30.1 Å². The fraction of sp³-hybridized carbons (Fsp3) is 0.533. The first-order chi connectivity index (χ1) is 9.01. The Hall–Kier alpha value is -0.980. The number of nitrogens with two attached hydrogens (primary N) is 1. The zero-order valence-corrected chi connectivity index (χ0v) is 15.0. The second-order valence-electron chi connectivity index (χ2n) is 4.92. The molecule has 1 rings (SSSR count). The van der Waals surface area contributed by atoms with Gasteiger partial charge in [-0.05, 0) is 39.3 Å². The van der Waals surface area contributed by atoms with Crippen molar-refractivity contribution in [2.45, 2.75) is 46.3 Å². The van der Waals surface area contributed by atoms with Gasteiger partial charge in [0.2, 0.25) is 0 Å². The molecule has 0 aliphatic carbocycles. The maximum atomic E-state index is 5.80. The van der Waals surface area contributed by atoms with Crippen LogP contribution in [0.5, 0.6) is 5.75 Å². The third kappa shape index (κ3) is 7.57. The molecule has 2 atom stereocenters. The molecule has 4 nitrogen and oxygen atoms in total. The predicted molar refractivity (Wildman–Crippen MR) is 96.1 cm³/mol. The van der Waals surface area contributed by atoms with E-state index in [1.165, 1.54) is 5.56 Å². The number of hydrogen-bond acceptors (Lipinski definition) is 2. The summed E-state index contributed by atoms with van der Waals surface area (Å²) in [6.45, 7) is 8.77. The normalized spacial score (nSPS) is 14.1. The number of benzene rings is 1. The maximum absolute atomic E-state index is 5.80. The Bertz CT molecular complexity index is 406. The van der Waals surface area contributed by atoms with E-state index in [4.69, 9.17) is 10.5 Å². The van der Waals surface area contributed by atoms with Crippen LogP contribution in [0.1, 0.15) is 32.8 Å². The van der Waals surface area contributed by atoms with E-state index < -0.39 is 0 Å². The molecule has 1 aromatic carbocycles. The molecule has 0 spiro atoms. The molecule has 2 unspecified atom stereocenters. The summed E-state index contributed by atoms with van der Waals surface area (Å²) in [6, 6.07) is 8.35. The van der Waals surface area contributed by atoms with Crippen molar-refractivity contribution < 1.29 is 4.74 Å². The molecule has 0 aliphatic rings. The molecule has 1 aromatic rings. The van der Waals surface area contributed by atoms with Gasteiger partial charge >= 0.3 is 0 Å². The molecule has 0 saturated carbocycles. The maximum Gasteiger partial charge on any atom is 0.188 e. The highest BCUT2D eigenvalue weighted by atomic mass is 127. The Kier molecular flexibility index (Phi) is 9.37. The number of nitrogens with one attached hydrogen (secondary N) is 1. The molecule has 0 radical (unpaired) electrons. The van der Waals surface area contributed by atoms with Crippen LogP contribution in [0.25, 0.3) is 0 Å². The molecule has 0 aliphatic heterocycles. The van der Waals surface area contributed by atoms with Crippen LogP contribution in [-0.4, -0.2) is 24.7 Å². The molecule has 0 heterocycles. The molecule has 0 amide bonds. The van der Waals surface area contributed by atoms with Gasteiger partial charge in [0.25, 0.3) is 0 Å². The third-order valence-corrected chi connectivity index (χ3v) is 2.88. The molecule has 3 N–H and O–H groups in total. The minimum Gasteiger partial charge on any atom is -0.489 e. The summed E-state index contributed by atoms with van der Waals surface area (Å²) in [5.74, 6) is 1.34. The first kappa shape index (κ1) is 19.0. The van der Waals surface area contributed by atoms with E-state index in [0.29, 0.717) is 18.5 Å². The van der Waals surface area contributed by atoms with Crippen molar-refractivity contribution >= 4 is 29.9 Å². The number of ether oxygens (including phenoxy) is 1. The lowest BCUT2D eigenvalue weighted by atomic mass is 10.2. The molecule has 20 heavy (non-hydrogen) atoms. The summed E-state index contributed by atoms with van der Waals surface area (Å²) in [4.78, 5) is 4.28. The zero-order valence-electron chi connectivity index (χ0n) is 12.7. The Balaban J connectivity index is 0.00000361. The molecule has 0 aromatic heterocycles. The van der Waals surface area contributed by atoms with Gasteiger partial charge in [0.1, 0.15) is 11.9 Å². The fourth-order valence-electron chi connectivity index (χ4n) is 1.51. The standard InChI is InChI=1S/C15H25N3O.HI/c1-5-12(3)18-15(16)17-10-13(4)19-14-8-6-11(2)7-9-14;/h6-9,12-13H,5,10H2,1-4H3,(H3,16,17,18);1H. The highest BCUT2D eigenvalue weighted by Crippen LogP contribution is 2.13. The molecule has 0 saturated heterocycles. The Morgan fingerprint density at radius 3 is 2.45 bits per heavy atom. The van der Waals surface area contributed by atoms with Crippen LogP contribution in [0.15, 0.2) is 29.3 Å². The Morgan fingerprint density at radius 1 is 1.30 bits per heavy atom. The van der Waals surface area contributed by atoms with Crippen molar-refractivity contribution in [2.24, 2.45) is 10.7 Å². The average molecular weight is 391 g/mol. The van der Waals surface area contributed by atoms with Crippen LogP contribution in [0.2, 0.25) is 0 Å². The van der Waals surface area contributed by atoms with Crippen molar-refractivity contribution in [1.29, 1.82) is 0 Å².